The van der Waals surface area contributed by atoms with Crippen LogP contribution in [0.5, 0.6) is 0 Å². The minimum Gasteiger partial charge on any atom is -0.480 e. The van der Waals surface area contributed by atoms with E-state index in [1.807, 2.05) is 59.2 Å². The molecule has 4 rings (SSSR count). The Balaban J connectivity index is 1.63. The summed E-state index contributed by atoms with van der Waals surface area (Å²) >= 11 is 0. The SMILES string of the molecule is O=C(O)Cn1c2c(c3ccccc31)CC(NC(=O)c1ccccc1)CC2. The zero-order valence-corrected chi connectivity index (χ0v) is 14.3. The van der Waals surface area contributed by atoms with Crippen LogP contribution in [0.4, 0.5) is 0 Å². The molecule has 0 spiro atoms. The summed E-state index contributed by atoms with van der Waals surface area (Å²) in [7, 11) is 0. The van der Waals surface area contributed by atoms with Gasteiger partial charge in [0, 0.05) is 28.2 Å². The highest BCUT2D eigenvalue weighted by Crippen LogP contribution is 2.32. The summed E-state index contributed by atoms with van der Waals surface area (Å²) in [4.78, 5) is 23.7. The van der Waals surface area contributed by atoms with Crippen molar-refractivity contribution in [3.8, 4) is 0 Å². The first-order chi connectivity index (χ1) is 12.6. The first-order valence-corrected chi connectivity index (χ1v) is 8.80. The lowest BCUT2D eigenvalue weighted by Crippen LogP contribution is -2.39. The Hall–Kier alpha value is -3.08. The standard InChI is InChI=1S/C21H20N2O3/c24-20(25)13-23-18-9-5-4-8-16(18)17-12-15(10-11-19(17)23)22-21(26)14-6-2-1-3-7-14/h1-9,15H,10-13H2,(H,22,26)(H,24,25). The summed E-state index contributed by atoms with van der Waals surface area (Å²) in [5, 5.41) is 13.5. The van der Waals surface area contributed by atoms with Gasteiger partial charge in [-0.25, -0.2) is 0 Å². The smallest absolute Gasteiger partial charge is 0.323 e. The molecule has 1 aromatic heterocycles. The van der Waals surface area contributed by atoms with Gasteiger partial charge in [-0.3, -0.25) is 9.59 Å². The third-order valence-corrected chi connectivity index (χ3v) is 5.04. The highest BCUT2D eigenvalue weighted by atomic mass is 16.4. The number of aliphatic carboxylic acids is 1. The molecule has 0 saturated carbocycles. The Morgan fingerprint density at radius 1 is 1.08 bits per heavy atom. The molecule has 1 aliphatic carbocycles. The fraction of sp³-hybridized carbons (Fsp3) is 0.238. The van der Waals surface area contributed by atoms with Crippen LogP contribution >= 0.6 is 0 Å². The van der Waals surface area contributed by atoms with E-state index in [1.54, 1.807) is 0 Å². The molecule has 0 aliphatic heterocycles. The van der Waals surface area contributed by atoms with Gasteiger partial charge in [0.1, 0.15) is 6.54 Å². The number of benzene rings is 2. The number of hydrogen-bond donors (Lipinski definition) is 2. The van der Waals surface area contributed by atoms with Gasteiger partial charge in [-0.05, 0) is 43.0 Å². The van der Waals surface area contributed by atoms with E-state index >= 15 is 0 Å². The van der Waals surface area contributed by atoms with E-state index in [1.165, 1.54) is 0 Å². The van der Waals surface area contributed by atoms with E-state index in [0.29, 0.717) is 5.56 Å². The molecule has 132 valence electrons. The molecule has 0 radical (unpaired) electrons. The van der Waals surface area contributed by atoms with Gasteiger partial charge in [0.25, 0.3) is 5.91 Å². The number of nitrogens with one attached hydrogen (secondary N) is 1. The van der Waals surface area contributed by atoms with Gasteiger partial charge < -0.3 is 15.0 Å². The third-order valence-electron chi connectivity index (χ3n) is 5.04. The van der Waals surface area contributed by atoms with Crippen molar-refractivity contribution in [1.82, 2.24) is 9.88 Å². The van der Waals surface area contributed by atoms with Crippen molar-refractivity contribution in [1.29, 1.82) is 0 Å². The van der Waals surface area contributed by atoms with Gasteiger partial charge in [-0.15, -0.1) is 0 Å². The van der Waals surface area contributed by atoms with Gasteiger partial charge in [0.2, 0.25) is 0 Å². The fourth-order valence-corrected chi connectivity index (χ4v) is 3.90. The number of carbonyl (C=O) groups excluding carboxylic acids is 1. The summed E-state index contributed by atoms with van der Waals surface area (Å²) < 4.78 is 1.90. The van der Waals surface area contributed by atoms with Crippen molar-refractivity contribution in [3.63, 3.8) is 0 Å². The number of fused-ring (bicyclic) bond motifs is 3. The second kappa shape index (κ2) is 6.67. The predicted octanol–water partition coefficient (Wildman–Crippen LogP) is 3.01. The lowest BCUT2D eigenvalue weighted by Gasteiger charge is -2.25. The highest BCUT2D eigenvalue weighted by Gasteiger charge is 2.27. The fourth-order valence-electron chi connectivity index (χ4n) is 3.90. The zero-order valence-electron chi connectivity index (χ0n) is 14.3. The predicted molar refractivity (Wildman–Crippen MR) is 99.3 cm³/mol. The summed E-state index contributed by atoms with van der Waals surface area (Å²) in [6, 6.07) is 17.2. The molecule has 0 saturated heterocycles. The lowest BCUT2D eigenvalue weighted by molar-refractivity contribution is -0.137. The Labute approximate surface area is 151 Å². The molecule has 2 aromatic carbocycles. The molecule has 0 fully saturated rings. The van der Waals surface area contributed by atoms with Gasteiger partial charge in [-0.1, -0.05) is 36.4 Å². The maximum atomic E-state index is 12.4. The van der Waals surface area contributed by atoms with Crippen LogP contribution in [-0.2, 0) is 24.2 Å². The summed E-state index contributed by atoms with van der Waals surface area (Å²) in [6.07, 6.45) is 2.29. The molecular weight excluding hydrogens is 328 g/mol. The van der Waals surface area contributed by atoms with Crippen molar-refractivity contribution >= 4 is 22.8 Å². The van der Waals surface area contributed by atoms with Gasteiger partial charge in [-0.2, -0.15) is 0 Å². The molecule has 1 atom stereocenters. The first kappa shape index (κ1) is 16.4. The second-order valence-corrected chi connectivity index (χ2v) is 6.70. The van der Waals surface area contributed by atoms with Crippen molar-refractivity contribution in [2.75, 3.05) is 0 Å². The van der Waals surface area contributed by atoms with Crippen LogP contribution in [0.1, 0.15) is 28.0 Å². The van der Waals surface area contributed by atoms with E-state index in [-0.39, 0.29) is 18.5 Å². The van der Waals surface area contributed by atoms with Crippen molar-refractivity contribution in [2.24, 2.45) is 0 Å². The van der Waals surface area contributed by atoms with Crippen molar-refractivity contribution < 1.29 is 14.7 Å². The minimum absolute atomic E-state index is 0.0309. The highest BCUT2D eigenvalue weighted by molar-refractivity contribution is 5.94. The van der Waals surface area contributed by atoms with Crippen molar-refractivity contribution in [3.05, 3.63) is 71.4 Å². The topological polar surface area (TPSA) is 71.3 Å². The number of amides is 1. The van der Waals surface area contributed by atoms with Crippen LogP contribution in [0.15, 0.2) is 54.6 Å². The molecule has 1 aliphatic rings. The van der Waals surface area contributed by atoms with Crippen LogP contribution in [0.2, 0.25) is 0 Å². The second-order valence-electron chi connectivity index (χ2n) is 6.70. The molecule has 26 heavy (non-hydrogen) atoms. The average molecular weight is 348 g/mol. The zero-order chi connectivity index (χ0) is 18.1. The Bertz CT molecular complexity index is 976. The Morgan fingerprint density at radius 2 is 1.81 bits per heavy atom. The number of carboxylic acids is 1. The molecule has 1 amide bonds. The van der Waals surface area contributed by atoms with Gasteiger partial charge in [0.05, 0.1) is 0 Å². The van der Waals surface area contributed by atoms with E-state index in [9.17, 15) is 14.7 Å². The number of rotatable bonds is 4. The van der Waals surface area contributed by atoms with Crippen LogP contribution < -0.4 is 5.32 Å². The third kappa shape index (κ3) is 2.96. The number of nitrogens with zero attached hydrogens (tertiary/aromatic N) is 1. The van der Waals surface area contributed by atoms with Gasteiger partial charge in [0.15, 0.2) is 0 Å². The number of para-hydroxylation sites is 1. The maximum absolute atomic E-state index is 12.4. The molecule has 5 nitrogen and oxygen atoms in total. The Kier molecular flexibility index (Phi) is 4.21. The summed E-state index contributed by atoms with van der Waals surface area (Å²) in [5.74, 6) is -0.901. The summed E-state index contributed by atoms with van der Waals surface area (Å²) in [5.41, 5.74) is 3.85. The molecule has 1 unspecified atom stereocenters. The first-order valence-electron chi connectivity index (χ1n) is 8.80. The molecule has 1 heterocycles. The van der Waals surface area contributed by atoms with E-state index in [2.05, 4.69) is 5.32 Å². The van der Waals surface area contributed by atoms with Gasteiger partial charge >= 0.3 is 5.97 Å². The Morgan fingerprint density at radius 3 is 2.58 bits per heavy atom. The minimum atomic E-state index is -0.840. The number of hydrogen-bond acceptors (Lipinski definition) is 2. The van der Waals surface area contributed by atoms with Crippen molar-refractivity contribution in [2.45, 2.75) is 31.8 Å². The molecule has 0 bridgehead atoms. The van der Waals surface area contributed by atoms with E-state index in [4.69, 9.17) is 0 Å². The number of carboxylic acid groups (broad SMARTS) is 1. The van der Waals surface area contributed by atoms with Crippen LogP contribution in [0.3, 0.4) is 0 Å². The van der Waals surface area contributed by atoms with E-state index < -0.39 is 5.97 Å². The van der Waals surface area contributed by atoms with E-state index in [0.717, 1.165) is 41.4 Å². The maximum Gasteiger partial charge on any atom is 0.323 e. The van der Waals surface area contributed by atoms with Crippen LogP contribution in [0.25, 0.3) is 10.9 Å². The monoisotopic (exact) mass is 348 g/mol. The quantitative estimate of drug-likeness (QED) is 0.761. The average Bonchev–Trinajstić information content (AvgIpc) is 2.96. The normalized spacial score (nSPS) is 16.2. The van der Waals surface area contributed by atoms with Crippen LogP contribution in [0, 0.1) is 0 Å². The van der Waals surface area contributed by atoms with Crippen LogP contribution in [-0.4, -0.2) is 27.6 Å². The molecule has 3 aromatic rings. The molecule has 2 N–H and O–H groups in total. The summed E-state index contributed by atoms with van der Waals surface area (Å²) in [6.45, 7) is -0.0309. The number of aromatic nitrogens is 1. The number of carbonyl (C=O) groups is 2. The lowest BCUT2D eigenvalue weighted by atomic mass is 9.91. The molecule has 5 heteroatoms. The molecular formula is C21H20N2O3. The largest absolute Gasteiger partial charge is 0.480 e.